The van der Waals surface area contributed by atoms with Crippen LogP contribution in [0, 0.1) is 5.92 Å². The lowest BCUT2D eigenvalue weighted by molar-refractivity contribution is -0.274. The molecule has 2 unspecified atom stereocenters. The van der Waals surface area contributed by atoms with Crippen LogP contribution in [0.3, 0.4) is 0 Å². The van der Waals surface area contributed by atoms with Crippen LogP contribution in [0.25, 0.3) is 0 Å². The third kappa shape index (κ3) is 4.82. The van der Waals surface area contributed by atoms with Gasteiger partial charge in [-0.15, -0.1) is 13.2 Å². The number of nitrogens with zero attached hydrogens (tertiary/aromatic N) is 2. The fourth-order valence-electron chi connectivity index (χ4n) is 3.46. The van der Waals surface area contributed by atoms with Crippen LogP contribution in [0.4, 0.5) is 13.2 Å². The van der Waals surface area contributed by atoms with Crippen molar-refractivity contribution in [3.05, 3.63) is 58.1 Å². The molecule has 0 spiro atoms. The molecule has 2 heterocycles. The van der Waals surface area contributed by atoms with E-state index in [1.807, 2.05) is 30.3 Å². The smallest absolute Gasteiger partial charge is 0.492 e. The van der Waals surface area contributed by atoms with Gasteiger partial charge in [-0.05, 0) is 42.9 Å². The summed E-state index contributed by atoms with van der Waals surface area (Å²) in [6.45, 7) is 0.456. The number of hydrogen-bond donors (Lipinski definition) is 2. The first kappa shape index (κ1) is 21.4. The molecule has 2 aliphatic heterocycles. The third-order valence-corrected chi connectivity index (χ3v) is 4.99. The number of hydrazone groups is 1. The molecule has 0 aliphatic carbocycles. The second kappa shape index (κ2) is 8.60. The van der Waals surface area contributed by atoms with Crippen molar-refractivity contribution in [3.63, 3.8) is 0 Å². The maximum atomic E-state index is 12.3. The van der Waals surface area contributed by atoms with Gasteiger partial charge in [0.05, 0.1) is 24.3 Å². The number of nitrogens with one attached hydrogen (secondary N) is 1. The first-order valence-corrected chi connectivity index (χ1v) is 9.50. The van der Waals surface area contributed by atoms with Gasteiger partial charge >= 0.3 is 6.36 Å². The molecule has 2 atom stereocenters. The fourth-order valence-corrected chi connectivity index (χ4v) is 3.80. The SMILES string of the molecule is CN1N=C2c3ccc(Br)cc3OCC2C1c1ccc(OC(F)(F)F)cc1.CNN. The van der Waals surface area contributed by atoms with Crippen molar-refractivity contribution in [1.29, 1.82) is 0 Å². The maximum Gasteiger partial charge on any atom is 0.573 e. The molecular formula is C19H20BrF3N4O2. The van der Waals surface area contributed by atoms with Gasteiger partial charge in [-0.3, -0.25) is 16.3 Å². The molecule has 6 nitrogen and oxygen atoms in total. The van der Waals surface area contributed by atoms with Gasteiger partial charge in [0.25, 0.3) is 0 Å². The predicted molar refractivity (Wildman–Crippen MR) is 107 cm³/mol. The van der Waals surface area contributed by atoms with Gasteiger partial charge < -0.3 is 9.47 Å². The lowest BCUT2D eigenvalue weighted by atomic mass is 9.86. The summed E-state index contributed by atoms with van der Waals surface area (Å²) in [6, 6.07) is 11.6. The van der Waals surface area contributed by atoms with Gasteiger partial charge in [0.2, 0.25) is 0 Å². The summed E-state index contributed by atoms with van der Waals surface area (Å²) in [7, 11) is 3.51. The molecule has 2 aliphatic rings. The van der Waals surface area contributed by atoms with Gasteiger partial charge in [0.1, 0.15) is 11.5 Å². The number of hydrazine groups is 1. The molecule has 10 heteroatoms. The molecule has 0 saturated carbocycles. The van der Waals surface area contributed by atoms with E-state index in [-0.39, 0.29) is 17.7 Å². The van der Waals surface area contributed by atoms with E-state index >= 15 is 0 Å². The molecule has 0 amide bonds. The summed E-state index contributed by atoms with van der Waals surface area (Å²) in [6.07, 6.45) is -4.70. The zero-order valence-corrected chi connectivity index (χ0v) is 17.3. The van der Waals surface area contributed by atoms with E-state index in [4.69, 9.17) is 4.74 Å². The molecule has 0 radical (unpaired) electrons. The second-order valence-electron chi connectivity index (χ2n) is 6.47. The minimum Gasteiger partial charge on any atom is -0.492 e. The first-order chi connectivity index (χ1) is 13.7. The molecule has 0 fully saturated rings. The van der Waals surface area contributed by atoms with Gasteiger partial charge in [-0.2, -0.15) is 5.10 Å². The Kier molecular flexibility index (Phi) is 6.35. The van der Waals surface area contributed by atoms with E-state index in [2.05, 4.69) is 37.0 Å². The Labute approximate surface area is 174 Å². The highest BCUT2D eigenvalue weighted by molar-refractivity contribution is 9.10. The second-order valence-corrected chi connectivity index (χ2v) is 7.38. The Balaban J connectivity index is 0.000000755. The van der Waals surface area contributed by atoms with Crippen molar-refractivity contribution >= 4 is 21.6 Å². The highest BCUT2D eigenvalue weighted by atomic mass is 79.9. The Morgan fingerprint density at radius 1 is 1.24 bits per heavy atom. The normalized spacial score (nSPS) is 20.0. The molecule has 2 aromatic rings. The maximum absolute atomic E-state index is 12.3. The molecule has 29 heavy (non-hydrogen) atoms. The van der Waals surface area contributed by atoms with Crippen LogP contribution < -0.4 is 20.7 Å². The molecule has 0 aromatic heterocycles. The Morgan fingerprint density at radius 2 is 1.90 bits per heavy atom. The van der Waals surface area contributed by atoms with E-state index in [1.165, 1.54) is 12.1 Å². The van der Waals surface area contributed by atoms with Crippen molar-refractivity contribution in [3.8, 4) is 11.5 Å². The average molecular weight is 473 g/mol. The van der Waals surface area contributed by atoms with Gasteiger partial charge in [0, 0.05) is 17.1 Å². The first-order valence-electron chi connectivity index (χ1n) is 8.70. The fraction of sp³-hybridized carbons (Fsp3) is 0.316. The number of ether oxygens (including phenoxy) is 2. The quantitative estimate of drug-likeness (QED) is 0.513. The van der Waals surface area contributed by atoms with Crippen LogP contribution in [0.15, 0.2) is 52.0 Å². The summed E-state index contributed by atoms with van der Waals surface area (Å²) >= 11 is 3.43. The van der Waals surface area contributed by atoms with Crippen LogP contribution in [0.5, 0.6) is 11.5 Å². The lowest BCUT2D eigenvalue weighted by Crippen LogP contribution is -2.32. The summed E-state index contributed by atoms with van der Waals surface area (Å²) in [5.74, 6) is 5.14. The van der Waals surface area contributed by atoms with Crippen molar-refractivity contribution in [2.24, 2.45) is 16.9 Å². The highest BCUT2D eigenvalue weighted by Gasteiger charge is 2.41. The minimum atomic E-state index is -4.70. The van der Waals surface area contributed by atoms with E-state index in [9.17, 15) is 13.2 Å². The molecule has 0 saturated heterocycles. The summed E-state index contributed by atoms with van der Waals surface area (Å²) in [5, 5.41) is 6.50. The Bertz CT molecular complexity index is 890. The van der Waals surface area contributed by atoms with Crippen LogP contribution in [0.1, 0.15) is 17.2 Å². The average Bonchev–Trinajstić information content (AvgIpc) is 2.98. The topological polar surface area (TPSA) is 72.1 Å². The van der Waals surface area contributed by atoms with Crippen LogP contribution in [-0.4, -0.2) is 37.8 Å². The lowest BCUT2D eigenvalue weighted by Gasteiger charge is -2.29. The summed E-state index contributed by atoms with van der Waals surface area (Å²) < 4.78 is 47.7. The largest absolute Gasteiger partial charge is 0.573 e. The van der Waals surface area contributed by atoms with E-state index in [0.29, 0.717) is 6.61 Å². The van der Waals surface area contributed by atoms with Crippen LogP contribution in [-0.2, 0) is 0 Å². The molecule has 4 rings (SSSR count). The Morgan fingerprint density at radius 3 is 2.52 bits per heavy atom. The number of halogens is 4. The van der Waals surface area contributed by atoms with Crippen molar-refractivity contribution in [2.75, 3.05) is 20.7 Å². The standard InChI is InChI=1S/C18H14BrF3N2O2.CH6N2/c1-24-17(10-2-5-12(6-3-10)26-18(20,21)22)14-9-25-15-8-11(19)4-7-13(15)16(14)23-24;1-3-2/h2-8,14,17H,9H2,1H3;3H,2H2,1H3. The van der Waals surface area contributed by atoms with Crippen molar-refractivity contribution < 1.29 is 22.6 Å². The number of nitrogens with two attached hydrogens (primary N) is 1. The number of alkyl halides is 3. The summed E-state index contributed by atoms with van der Waals surface area (Å²) in [4.78, 5) is 0. The minimum absolute atomic E-state index is 0.00283. The van der Waals surface area contributed by atoms with Crippen molar-refractivity contribution in [2.45, 2.75) is 12.4 Å². The third-order valence-electron chi connectivity index (χ3n) is 4.49. The summed E-state index contributed by atoms with van der Waals surface area (Å²) in [5.41, 5.74) is 4.98. The van der Waals surface area contributed by atoms with Gasteiger partial charge in [0.15, 0.2) is 0 Å². The van der Waals surface area contributed by atoms with Crippen LogP contribution >= 0.6 is 15.9 Å². The number of fused-ring (bicyclic) bond motifs is 3. The molecule has 2 aromatic carbocycles. The van der Waals surface area contributed by atoms with E-state index in [0.717, 1.165) is 27.1 Å². The number of hydrogen-bond acceptors (Lipinski definition) is 6. The van der Waals surface area contributed by atoms with Gasteiger partial charge in [-0.25, -0.2) is 0 Å². The molecule has 156 valence electrons. The van der Waals surface area contributed by atoms with Crippen molar-refractivity contribution in [1.82, 2.24) is 10.4 Å². The monoisotopic (exact) mass is 472 g/mol. The molecule has 0 bridgehead atoms. The highest BCUT2D eigenvalue weighted by Crippen LogP contribution is 2.42. The Hall–Kier alpha value is -2.30. The van der Waals surface area contributed by atoms with Crippen LogP contribution in [0.2, 0.25) is 0 Å². The van der Waals surface area contributed by atoms with E-state index < -0.39 is 6.36 Å². The number of rotatable bonds is 2. The predicted octanol–water partition coefficient (Wildman–Crippen LogP) is 3.83. The molecule has 3 N–H and O–H groups in total. The number of benzene rings is 2. The van der Waals surface area contributed by atoms with E-state index in [1.54, 1.807) is 19.2 Å². The molecular weight excluding hydrogens is 453 g/mol. The van der Waals surface area contributed by atoms with Gasteiger partial charge in [-0.1, -0.05) is 28.1 Å². The zero-order valence-electron chi connectivity index (χ0n) is 15.7. The zero-order chi connectivity index (χ0) is 21.2.